The summed E-state index contributed by atoms with van der Waals surface area (Å²) in [6.07, 6.45) is 0.570. The van der Waals surface area contributed by atoms with Gasteiger partial charge in [-0.05, 0) is 6.42 Å². The van der Waals surface area contributed by atoms with Crippen molar-refractivity contribution in [3.8, 4) is 0 Å². The van der Waals surface area contributed by atoms with E-state index in [1.54, 1.807) is 0 Å². The van der Waals surface area contributed by atoms with Crippen molar-refractivity contribution < 1.29 is 18.3 Å². The average Bonchev–Trinajstić information content (AvgIpc) is 2.27. The zero-order valence-corrected chi connectivity index (χ0v) is 9.66. The summed E-state index contributed by atoms with van der Waals surface area (Å²) in [6.45, 7) is 3.24. The predicted octanol–water partition coefficient (Wildman–Crippen LogP) is -1.08. The van der Waals surface area contributed by atoms with Crippen molar-refractivity contribution in [3.63, 3.8) is 0 Å². The average molecular weight is 238 g/mol. The molecule has 0 aromatic heterocycles. The molecule has 90 valence electrons. The number of nitrogens with one attached hydrogen (secondary N) is 1. The molecule has 6 nitrogen and oxygen atoms in total. The Morgan fingerprint density at radius 1 is 1.47 bits per heavy atom. The molecular weight excluding hydrogens is 220 g/mol. The number of ether oxygens (including phenoxy) is 1. The summed E-state index contributed by atoms with van der Waals surface area (Å²) in [5.74, 6) is 0. The first-order valence-electron chi connectivity index (χ1n) is 5.06. The van der Waals surface area contributed by atoms with Crippen molar-refractivity contribution in [2.45, 2.75) is 19.4 Å². The SMILES string of the molecule is CC[C@@H](CO)NS(=O)(=O)N1CCOCC1. The lowest BCUT2D eigenvalue weighted by molar-refractivity contribution is 0.0721. The molecule has 0 aromatic carbocycles. The summed E-state index contributed by atoms with van der Waals surface area (Å²) in [5, 5.41) is 8.92. The number of rotatable bonds is 5. The van der Waals surface area contributed by atoms with E-state index in [9.17, 15) is 8.42 Å². The second-order valence-corrected chi connectivity index (χ2v) is 5.12. The van der Waals surface area contributed by atoms with Crippen LogP contribution in [0.2, 0.25) is 0 Å². The normalized spacial score (nSPS) is 21.5. The van der Waals surface area contributed by atoms with Crippen LogP contribution in [-0.2, 0) is 14.9 Å². The van der Waals surface area contributed by atoms with E-state index < -0.39 is 16.3 Å². The Bertz CT molecular complexity index is 270. The molecule has 1 atom stereocenters. The number of aliphatic hydroxyl groups is 1. The Labute approximate surface area is 90.4 Å². The molecular formula is C8H18N2O4S. The quantitative estimate of drug-likeness (QED) is 0.639. The highest BCUT2D eigenvalue weighted by Gasteiger charge is 2.25. The van der Waals surface area contributed by atoms with Crippen LogP contribution < -0.4 is 4.72 Å². The highest BCUT2D eigenvalue weighted by atomic mass is 32.2. The van der Waals surface area contributed by atoms with Gasteiger partial charge in [0.1, 0.15) is 0 Å². The fourth-order valence-electron chi connectivity index (χ4n) is 1.32. The zero-order valence-electron chi connectivity index (χ0n) is 8.85. The standard InChI is InChI=1S/C8H18N2O4S/c1-2-8(7-11)9-15(12,13)10-3-5-14-6-4-10/h8-9,11H,2-7H2,1H3/t8-/m0/s1. The van der Waals surface area contributed by atoms with Crippen molar-refractivity contribution in [2.24, 2.45) is 0 Å². The maximum absolute atomic E-state index is 11.8. The Morgan fingerprint density at radius 2 is 2.07 bits per heavy atom. The van der Waals surface area contributed by atoms with Gasteiger partial charge in [-0.3, -0.25) is 0 Å². The summed E-state index contributed by atoms with van der Waals surface area (Å²) in [5.41, 5.74) is 0. The van der Waals surface area contributed by atoms with Gasteiger partial charge in [0.15, 0.2) is 0 Å². The van der Waals surface area contributed by atoms with Gasteiger partial charge >= 0.3 is 0 Å². The summed E-state index contributed by atoms with van der Waals surface area (Å²) >= 11 is 0. The molecule has 7 heteroatoms. The molecule has 2 N–H and O–H groups in total. The Balaban J connectivity index is 2.56. The Hall–Kier alpha value is -0.210. The highest BCUT2D eigenvalue weighted by molar-refractivity contribution is 7.87. The highest BCUT2D eigenvalue weighted by Crippen LogP contribution is 2.04. The maximum Gasteiger partial charge on any atom is 0.279 e. The van der Waals surface area contributed by atoms with Gasteiger partial charge < -0.3 is 9.84 Å². The molecule has 0 aliphatic carbocycles. The largest absolute Gasteiger partial charge is 0.395 e. The lowest BCUT2D eigenvalue weighted by atomic mass is 10.3. The summed E-state index contributed by atoms with van der Waals surface area (Å²) in [6, 6.07) is -0.405. The monoisotopic (exact) mass is 238 g/mol. The van der Waals surface area contributed by atoms with Gasteiger partial charge in [-0.25, -0.2) is 0 Å². The van der Waals surface area contributed by atoms with Crippen LogP contribution in [0.4, 0.5) is 0 Å². The van der Waals surface area contributed by atoms with E-state index in [4.69, 9.17) is 9.84 Å². The minimum Gasteiger partial charge on any atom is -0.395 e. The van der Waals surface area contributed by atoms with E-state index in [1.807, 2.05) is 6.92 Å². The van der Waals surface area contributed by atoms with Gasteiger partial charge in [0.25, 0.3) is 10.2 Å². The second kappa shape index (κ2) is 5.76. The van der Waals surface area contributed by atoms with Crippen LogP contribution in [-0.4, -0.2) is 56.8 Å². The molecule has 1 aliphatic heterocycles. The minimum atomic E-state index is -3.46. The fraction of sp³-hybridized carbons (Fsp3) is 1.00. The molecule has 0 bridgehead atoms. The zero-order chi connectivity index (χ0) is 11.3. The van der Waals surface area contributed by atoms with Crippen LogP contribution in [0.15, 0.2) is 0 Å². The van der Waals surface area contributed by atoms with E-state index in [0.717, 1.165) is 0 Å². The molecule has 1 saturated heterocycles. The molecule has 0 radical (unpaired) electrons. The third-order valence-electron chi connectivity index (χ3n) is 2.34. The second-order valence-electron chi connectivity index (χ2n) is 3.42. The van der Waals surface area contributed by atoms with Crippen LogP contribution in [0, 0.1) is 0 Å². The molecule has 0 saturated carbocycles. The molecule has 1 rings (SSSR count). The van der Waals surface area contributed by atoms with Crippen molar-refractivity contribution in [1.82, 2.24) is 9.03 Å². The molecule has 0 amide bonds. The first kappa shape index (κ1) is 12.9. The first-order chi connectivity index (χ1) is 7.10. The summed E-state index contributed by atoms with van der Waals surface area (Å²) in [4.78, 5) is 0. The smallest absolute Gasteiger partial charge is 0.279 e. The number of morpholine rings is 1. The third kappa shape index (κ3) is 3.69. The summed E-state index contributed by atoms with van der Waals surface area (Å²) < 4.78 is 32.4. The van der Waals surface area contributed by atoms with E-state index in [-0.39, 0.29) is 6.61 Å². The molecule has 0 unspecified atom stereocenters. The Morgan fingerprint density at radius 3 is 2.53 bits per heavy atom. The fourth-order valence-corrected chi connectivity index (χ4v) is 2.76. The molecule has 0 aromatic rings. The van der Waals surface area contributed by atoms with Crippen LogP contribution >= 0.6 is 0 Å². The van der Waals surface area contributed by atoms with Crippen molar-refractivity contribution in [1.29, 1.82) is 0 Å². The van der Waals surface area contributed by atoms with Crippen molar-refractivity contribution in [3.05, 3.63) is 0 Å². The minimum absolute atomic E-state index is 0.180. The first-order valence-corrected chi connectivity index (χ1v) is 6.50. The van der Waals surface area contributed by atoms with Crippen molar-refractivity contribution >= 4 is 10.2 Å². The van der Waals surface area contributed by atoms with Crippen LogP contribution in [0.5, 0.6) is 0 Å². The number of hydrogen-bond acceptors (Lipinski definition) is 4. The Kier molecular flexibility index (Phi) is 4.94. The van der Waals surface area contributed by atoms with Gasteiger partial charge in [-0.1, -0.05) is 6.92 Å². The molecule has 0 spiro atoms. The number of hydrogen-bond donors (Lipinski definition) is 2. The molecule has 1 aliphatic rings. The molecule has 15 heavy (non-hydrogen) atoms. The lowest BCUT2D eigenvalue weighted by Crippen LogP contribution is -2.50. The number of aliphatic hydroxyl groups excluding tert-OH is 1. The van der Waals surface area contributed by atoms with Gasteiger partial charge in [0.2, 0.25) is 0 Å². The topological polar surface area (TPSA) is 78.9 Å². The third-order valence-corrected chi connectivity index (χ3v) is 4.01. The predicted molar refractivity (Wildman–Crippen MR) is 55.6 cm³/mol. The van der Waals surface area contributed by atoms with E-state index in [2.05, 4.69) is 4.72 Å². The number of nitrogens with zero attached hydrogens (tertiary/aromatic N) is 1. The van der Waals surface area contributed by atoms with E-state index >= 15 is 0 Å². The van der Waals surface area contributed by atoms with Crippen LogP contribution in [0.25, 0.3) is 0 Å². The van der Waals surface area contributed by atoms with Crippen LogP contribution in [0.3, 0.4) is 0 Å². The van der Waals surface area contributed by atoms with Crippen molar-refractivity contribution in [2.75, 3.05) is 32.9 Å². The van der Waals surface area contributed by atoms with Gasteiger partial charge in [-0.2, -0.15) is 17.4 Å². The van der Waals surface area contributed by atoms with E-state index in [1.165, 1.54) is 4.31 Å². The maximum atomic E-state index is 11.8. The van der Waals surface area contributed by atoms with E-state index in [0.29, 0.717) is 32.7 Å². The lowest BCUT2D eigenvalue weighted by Gasteiger charge is -2.27. The van der Waals surface area contributed by atoms with Gasteiger partial charge in [0.05, 0.1) is 19.8 Å². The molecule has 1 fully saturated rings. The van der Waals surface area contributed by atoms with Gasteiger partial charge in [-0.15, -0.1) is 0 Å². The van der Waals surface area contributed by atoms with Crippen LogP contribution in [0.1, 0.15) is 13.3 Å². The molecule has 1 heterocycles. The van der Waals surface area contributed by atoms with Gasteiger partial charge in [0, 0.05) is 19.1 Å². The summed E-state index contributed by atoms with van der Waals surface area (Å²) in [7, 11) is -3.46.